The van der Waals surface area contributed by atoms with Crippen LogP contribution in [0.5, 0.6) is 0 Å². The van der Waals surface area contributed by atoms with Crippen molar-refractivity contribution in [2.24, 2.45) is 16.8 Å². The van der Waals surface area contributed by atoms with Crippen LogP contribution in [0.4, 0.5) is 0 Å². The molecule has 2 atom stereocenters. The summed E-state index contributed by atoms with van der Waals surface area (Å²) in [6.07, 6.45) is 0. The molecule has 0 N–H and O–H groups in total. The molecule has 0 aliphatic carbocycles. The molecule has 0 amide bonds. The maximum atomic E-state index is 13.8. The van der Waals surface area contributed by atoms with Crippen molar-refractivity contribution >= 4 is 23.3 Å². The van der Waals surface area contributed by atoms with Crippen LogP contribution in [0.1, 0.15) is 36.1 Å². The van der Waals surface area contributed by atoms with Gasteiger partial charge in [0, 0.05) is 16.8 Å². The smallest absolute Gasteiger partial charge is 0.337 e. The average Bonchev–Trinajstić information content (AvgIpc) is 2.92. The maximum absolute atomic E-state index is 13.8. The second-order valence-electron chi connectivity index (χ2n) is 8.73. The zero-order valence-corrected chi connectivity index (χ0v) is 21.2. The van der Waals surface area contributed by atoms with E-state index >= 15 is 0 Å². The molecule has 1 aliphatic heterocycles. The van der Waals surface area contributed by atoms with Crippen molar-refractivity contribution in [1.82, 2.24) is 0 Å². The Morgan fingerprint density at radius 1 is 0.865 bits per heavy atom. The SMILES string of the molecule is CCOC(=O)C1C(C)=NC(c2ccccc2)=C(C(=O)OCc2ccccc2C)C1C#Cc1ccccc1. The lowest BCUT2D eigenvalue weighted by Gasteiger charge is -2.29. The molecule has 3 aromatic rings. The number of carbonyl (C=O) groups excluding carboxylic acids is 2. The topological polar surface area (TPSA) is 65.0 Å². The molecule has 4 rings (SSSR count). The highest BCUT2D eigenvalue weighted by atomic mass is 16.5. The molecule has 5 heteroatoms. The number of hydrogen-bond donors (Lipinski definition) is 0. The van der Waals surface area contributed by atoms with Crippen LogP contribution in [0.2, 0.25) is 0 Å². The number of carbonyl (C=O) groups is 2. The van der Waals surface area contributed by atoms with E-state index in [1.807, 2.05) is 91.9 Å². The number of nitrogens with zero attached hydrogens (tertiary/aromatic N) is 1. The Balaban J connectivity index is 1.83. The van der Waals surface area contributed by atoms with Gasteiger partial charge in [0.05, 0.1) is 23.8 Å². The van der Waals surface area contributed by atoms with Gasteiger partial charge in [-0.1, -0.05) is 84.6 Å². The third kappa shape index (κ3) is 6.05. The summed E-state index contributed by atoms with van der Waals surface area (Å²) in [5, 5.41) is 0. The summed E-state index contributed by atoms with van der Waals surface area (Å²) in [5.74, 6) is 3.71. The summed E-state index contributed by atoms with van der Waals surface area (Å²) in [7, 11) is 0. The summed E-state index contributed by atoms with van der Waals surface area (Å²) < 4.78 is 11.2. The molecule has 1 heterocycles. The number of benzene rings is 3. The van der Waals surface area contributed by atoms with Crippen molar-refractivity contribution < 1.29 is 19.1 Å². The first-order valence-electron chi connectivity index (χ1n) is 12.3. The molecule has 37 heavy (non-hydrogen) atoms. The highest BCUT2D eigenvalue weighted by Crippen LogP contribution is 2.37. The van der Waals surface area contributed by atoms with E-state index in [1.54, 1.807) is 13.8 Å². The van der Waals surface area contributed by atoms with Crippen LogP contribution in [0.15, 0.2) is 95.5 Å². The standard InChI is InChI=1S/C32H29NO4/c1-4-36-31(34)28-23(3)33-30(25-16-9-6-10-17-25)29(27(28)20-19-24-14-7-5-8-15-24)32(35)37-21-26-18-12-11-13-22(26)2/h5-18,27-28H,4,21H2,1-3H3. The van der Waals surface area contributed by atoms with Gasteiger partial charge in [0.2, 0.25) is 0 Å². The van der Waals surface area contributed by atoms with Crippen LogP contribution in [0.25, 0.3) is 5.70 Å². The Labute approximate surface area is 217 Å². The lowest BCUT2D eigenvalue weighted by atomic mass is 9.79. The summed E-state index contributed by atoms with van der Waals surface area (Å²) in [5.41, 5.74) is 4.71. The van der Waals surface area contributed by atoms with Crippen LogP contribution in [0.3, 0.4) is 0 Å². The molecule has 0 radical (unpaired) electrons. The van der Waals surface area contributed by atoms with Gasteiger partial charge >= 0.3 is 11.9 Å². The van der Waals surface area contributed by atoms with Gasteiger partial charge in [0.25, 0.3) is 0 Å². The van der Waals surface area contributed by atoms with Gasteiger partial charge in [-0.05, 0) is 44.0 Å². The quantitative estimate of drug-likeness (QED) is 0.324. The molecule has 0 bridgehead atoms. The van der Waals surface area contributed by atoms with E-state index in [9.17, 15) is 9.59 Å². The third-order valence-electron chi connectivity index (χ3n) is 6.21. The van der Waals surface area contributed by atoms with E-state index in [-0.39, 0.29) is 18.8 Å². The van der Waals surface area contributed by atoms with Gasteiger partial charge in [-0.3, -0.25) is 9.79 Å². The Hall–Kier alpha value is -4.43. The van der Waals surface area contributed by atoms with Crippen LogP contribution < -0.4 is 0 Å². The first-order valence-corrected chi connectivity index (χ1v) is 12.3. The Morgan fingerprint density at radius 3 is 2.19 bits per heavy atom. The number of esters is 2. The number of hydrogen-bond acceptors (Lipinski definition) is 5. The fourth-order valence-corrected chi connectivity index (χ4v) is 4.27. The lowest BCUT2D eigenvalue weighted by molar-refractivity contribution is -0.146. The minimum Gasteiger partial charge on any atom is -0.465 e. The summed E-state index contributed by atoms with van der Waals surface area (Å²) in [4.78, 5) is 31.6. The largest absolute Gasteiger partial charge is 0.465 e. The van der Waals surface area contributed by atoms with Crippen molar-refractivity contribution in [3.63, 3.8) is 0 Å². The molecule has 186 valence electrons. The fourth-order valence-electron chi connectivity index (χ4n) is 4.27. The van der Waals surface area contributed by atoms with Crippen LogP contribution in [-0.4, -0.2) is 24.3 Å². The van der Waals surface area contributed by atoms with E-state index in [0.717, 1.165) is 22.3 Å². The van der Waals surface area contributed by atoms with Gasteiger partial charge in [0.15, 0.2) is 0 Å². The molecule has 1 aliphatic rings. The molecular formula is C32H29NO4. The van der Waals surface area contributed by atoms with E-state index in [0.29, 0.717) is 11.4 Å². The highest BCUT2D eigenvalue weighted by Gasteiger charge is 2.42. The minimum absolute atomic E-state index is 0.0999. The molecular weight excluding hydrogens is 462 g/mol. The highest BCUT2D eigenvalue weighted by molar-refractivity contribution is 6.11. The Kier molecular flexibility index (Phi) is 8.33. The average molecular weight is 492 g/mol. The van der Waals surface area contributed by atoms with E-state index in [4.69, 9.17) is 14.5 Å². The maximum Gasteiger partial charge on any atom is 0.337 e. The molecule has 0 spiro atoms. The van der Waals surface area contributed by atoms with E-state index in [2.05, 4.69) is 11.8 Å². The molecule has 0 fully saturated rings. The van der Waals surface area contributed by atoms with Crippen molar-refractivity contribution in [1.29, 1.82) is 0 Å². The zero-order chi connectivity index (χ0) is 26.2. The molecule has 3 aromatic carbocycles. The summed E-state index contributed by atoms with van der Waals surface area (Å²) in [6, 6.07) is 26.6. The molecule has 0 saturated heterocycles. The van der Waals surface area contributed by atoms with E-state index < -0.39 is 23.8 Å². The number of aliphatic imine (C=N–C) groups is 1. The summed E-state index contributed by atoms with van der Waals surface area (Å²) in [6.45, 7) is 5.81. The van der Waals surface area contributed by atoms with Crippen LogP contribution in [0, 0.1) is 30.6 Å². The predicted molar refractivity (Wildman–Crippen MR) is 144 cm³/mol. The van der Waals surface area contributed by atoms with Gasteiger partial charge in [0.1, 0.15) is 12.5 Å². The Morgan fingerprint density at radius 2 is 1.51 bits per heavy atom. The van der Waals surface area contributed by atoms with Gasteiger partial charge in [-0.25, -0.2) is 4.79 Å². The Bertz CT molecular complexity index is 1390. The summed E-state index contributed by atoms with van der Waals surface area (Å²) >= 11 is 0. The minimum atomic E-state index is -0.829. The van der Waals surface area contributed by atoms with Crippen LogP contribution >= 0.6 is 0 Å². The molecule has 2 unspecified atom stereocenters. The third-order valence-corrected chi connectivity index (χ3v) is 6.21. The van der Waals surface area contributed by atoms with Gasteiger partial charge < -0.3 is 9.47 Å². The van der Waals surface area contributed by atoms with Crippen molar-refractivity contribution in [2.45, 2.75) is 27.4 Å². The molecule has 0 aromatic heterocycles. The van der Waals surface area contributed by atoms with Crippen molar-refractivity contribution in [3.05, 3.63) is 113 Å². The lowest BCUT2D eigenvalue weighted by Crippen LogP contribution is -2.37. The molecule has 5 nitrogen and oxygen atoms in total. The van der Waals surface area contributed by atoms with Crippen molar-refractivity contribution in [2.75, 3.05) is 6.61 Å². The fraction of sp³-hybridized carbons (Fsp3) is 0.219. The number of ether oxygens (including phenoxy) is 2. The van der Waals surface area contributed by atoms with Gasteiger partial charge in [-0.2, -0.15) is 0 Å². The van der Waals surface area contributed by atoms with Crippen LogP contribution in [-0.2, 0) is 25.7 Å². The van der Waals surface area contributed by atoms with Gasteiger partial charge in [-0.15, -0.1) is 0 Å². The first-order chi connectivity index (χ1) is 18.0. The number of aryl methyl sites for hydroxylation is 1. The van der Waals surface area contributed by atoms with E-state index in [1.165, 1.54) is 0 Å². The normalized spacial score (nSPS) is 16.8. The number of rotatable bonds is 6. The first kappa shape index (κ1) is 25.7. The second kappa shape index (κ2) is 12.0. The monoisotopic (exact) mass is 491 g/mol. The van der Waals surface area contributed by atoms with Crippen molar-refractivity contribution in [3.8, 4) is 11.8 Å². The molecule has 0 saturated carbocycles. The second-order valence-corrected chi connectivity index (χ2v) is 8.73. The zero-order valence-electron chi connectivity index (χ0n) is 21.2. The predicted octanol–water partition coefficient (Wildman–Crippen LogP) is 5.77.